The average molecular weight is 242 g/mol. The molecule has 0 bridgehead atoms. The molecule has 94 valence electrons. The van der Waals surface area contributed by atoms with Crippen LogP contribution >= 0.6 is 0 Å². The second-order valence-corrected chi connectivity index (χ2v) is 7.61. The summed E-state index contributed by atoms with van der Waals surface area (Å²) in [6, 6.07) is 0. The summed E-state index contributed by atoms with van der Waals surface area (Å²) in [5, 5.41) is 0. The Morgan fingerprint density at radius 2 is 1.81 bits per heavy atom. The molecule has 0 aliphatic carbocycles. The first-order valence-electron chi connectivity index (χ1n) is 6.33. The zero-order valence-corrected chi connectivity index (χ0v) is 12.4. The van der Waals surface area contributed by atoms with Gasteiger partial charge in [0, 0.05) is 19.4 Å². The van der Waals surface area contributed by atoms with E-state index in [2.05, 4.69) is 38.8 Å². The molecule has 0 aliphatic rings. The maximum Gasteiger partial charge on any atom is 0.331 e. The number of unbranched alkanes of at least 4 members (excludes halogenated alkanes) is 1. The molecule has 0 amide bonds. The van der Waals surface area contributed by atoms with Crippen molar-refractivity contribution >= 4 is 8.56 Å². The predicted octanol–water partition coefficient (Wildman–Crippen LogP) is 3.71. The summed E-state index contributed by atoms with van der Waals surface area (Å²) in [6.45, 7) is 11.2. The molecule has 0 aromatic carbocycles. The second-order valence-electron chi connectivity index (χ2n) is 4.29. The SMILES string of the molecule is CCCC#CCC(CC)O[Si](C)(C)OCC. The van der Waals surface area contributed by atoms with Gasteiger partial charge < -0.3 is 8.85 Å². The molecule has 1 unspecified atom stereocenters. The molecule has 3 heteroatoms. The zero-order chi connectivity index (χ0) is 12.4. The highest BCUT2D eigenvalue weighted by atomic mass is 28.4. The minimum Gasteiger partial charge on any atom is -0.395 e. The molecule has 2 nitrogen and oxygen atoms in total. The molecule has 0 saturated carbocycles. The third-order valence-electron chi connectivity index (χ3n) is 2.23. The average Bonchev–Trinajstić information content (AvgIpc) is 2.22. The molecule has 0 aliphatic heterocycles. The maximum atomic E-state index is 6.02. The molecular weight excluding hydrogens is 216 g/mol. The lowest BCUT2D eigenvalue weighted by Crippen LogP contribution is -2.38. The number of hydrogen-bond donors (Lipinski definition) is 0. The van der Waals surface area contributed by atoms with Gasteiger partial charge in [-0.1, -0.05) is 13.8 Å². The van der Waals surface area contributed by atoms with Crippen molar-refractivity contribution in [2.45, 2.75) is 65.7 Å². The van der Waals surface area contributed by atoms with Gasteiger partial charge in [-0.05, 0) is 32.9 Å². The van der Waals surface area contributed by atoms with Crippen LogP contribution in [-0.4, -0.2) is 21.3 Å². The molecule has 0 heterocycles. The van der Waals surface area contributed by atoms with Crippen molar-refractivity contribution in [3.63, 3.8) is 0 Å². The summed E-state index contributed by atoms with van der Waals surface area (Å²) in [6.07, 6.45) is 4.19. The van der Waals surface area contributed by atoms with Gasteiger partial charge in [-0.15, -0.1) is 11.8 Å². The van der Waals surface area contributed by atoms with Gasteiger partial charge in [0.05, 0.1) is 6.10 Å². The second kappa shape index (κ2) is 8.80. The van der Waals surface area contributed by atoms with Crippen molar-refractivity contribution in [3.05, 3.63) is 0 Å². The topological polar surface area (TPSA) is 18.5 Å². The smallest absolute Gasteiger partial charge is 0.331 e. The Bertz CT molecular complexity index is 228. The zero-order valence-electron chi connectivity index (χ0n) is 11.4. The maximum absolute atomic E-state index is 6.02. The molecule has 0 fully saturated rings. The van der Waals surface area contributed by atoms with Crippen LogP contribution in [0.4, 0.5) is 0 Å². The van der Waals surface area contributed by atoms with Gasteiger partial charge in [0.15, 0.2) is 0 Å². The van der Waals surface area contributed by atoms with E-state index in [1.165, 1.54) is 0 Å². The van der Waals surface area contributed by atoms with E-state index in [9.17, 15) is 0 Å². The van der Waals surface area contributed by atoms with Crippen LogP contribution in [0.15, 0.2) is 0 Å². The summed E-state index contributed by atoms with van der Waals surface area (Å²) in [4.78, 5) is 0. The van der Waals surface area contributed by atoms with Crippen LogP contribution in [0, 0.1) is 11.8 Å². The van der Waals surface area contributed by atoms with Crippen molar-refractivity contribution in [1.29, 1.82) is 0 Å². The summed E-state index contributed by atoms with van der Waals surface area (Å²) in [5.41, 5.74) is 0. The largest absolute Gasteiger partial charge is 0.395 e. The third kappa shape index (κ3) is 7.92. The molecule has 0 spiro atoms. The Balaban J connectivity index is 4.05. The summed E-state index contributed by atoms with van der Waals surface area (Å²) < 4.78 is 11.7. The van der Waals surface area contributed by atoms with Crippen LogP contribution in [0.1, 0.15) is 46.5 Å². The normalized spacial score (nSPS) is 13.1. The fourth-order valence-corrected chi connectivity index (χ4v) is 3.27. The van der Waals surface area contributed by atoms with E-state index in [-0.39, 0.29) is 6.10 Å². The fourth-order valence-electron chi connectivity index (χ4n) is 1.45. The van der Waals surface area contributed by atoms with E-state index in [1.54, 1.807) is 0 Å². The van der Waals surface area contributed by atoms with Crippen LogP contribution < -0.4 is 0 Å². The van der Waals surface area contributed by atoms with Crippen molar-refractivity contribution in [2.75, 3.05) is 6.61 Å². The Morgan fingerprint density at radius 1 is 1.12 bits per heavy atom. The Labute approximate surface area is 102 Å². The van der Waals surface area contributed by atoms with Crippen LogP contribution in [0.3, 0.4) is 0 Å². The van der Waals surface area contributed by atoms with Gasteiger partial charge in [0.1, 0.15) is 0 Å². The molecule has 1 atom stereocenters. The standard InChI is InChI=1S/C13H26O2Si/c1-6-9-10-11-12-13(7-2)15-16(4,5)14-8-3/h13H,6-9,12H2,1-5H3. The molecule has 0 radical (unpaired) electrons. The molecule has 0 rings (SSSR count). The summed E-state index contributed by atoms with van der Waals surface area (Å²) in [5.74, 6) is 6.36. The summed E-state index contributed by atoms with van der Waals surface area (Å²) in [7, 11) is -1.92. The Hall–Kier alpha value is -0.303. The lowest BCUT2D eigenvalue weighted by atomic mass is 10.2. The van der Waals surface area contributed by atoms with E-state index < -0.39 is 8.56 Å². The van der Waals surface area contributed by atoms with Crippen molar-refractivity contribution < 1.29 is 8.85 Å². The lowest BCUT2D eigenvalue weighted by molar-refractivity contribution is 0.124. The minimum atomic E-state index is -1.92. The Morgan fingerprint density at radius 3 is 2.31 bits per heavy atom. The van der Waals surface area contributed by atoms with Gasteiger partial charge in [-0.25, -0.2) is 0 Å². The molecule has 0 saturated heterocycles. The van der Waals surface area contributed by atoms with Crippen molar-refractivity contribution in [1.82, 2.24) is 0 Å². The van der Waals surface area contributed by atoms with E-state index in [0.29, 0.717) is 0 Å². The van der Waals surface area contributed by atoms with Gasteiger partial charge in [-0.2, -0.15) is 0 Å². The monoisotopic (exact) mass is 242 g/mol. The highest BCUT2D eigenvalue weighted by molar-refractivity contribution is 6.64. The predicted molar refractivity (Wildman–Crippen MR) is 71.6 cm³/mol. The molecule has 16 heavy (non-hydrogen) atoms. The van der Waals surface area contributed by atoms with E-state index >= 15 is 0 Å². The quantitative estimate of drug-likeness (QED) is 0.500. The van der Waals surface area contributed by atoms with E-state index in [4.69, 9.17) is 8.85 Å². The third-order valence-corrected chi connectivity index (χ3v) is 4.11. The van der Waals surface area contributed by atoms with Gasteiger partial charge in [0.2, 0.25) is 0 Å². The number of rotatable bonds is 7. The summed E-state index contributed by atoms with van der Waals surface area (Å²) >= 11 is 0. The number of hydrogen-bond acceptors (Lipinski definition) is 2. The van der Waals surface area contributed by atoms with Crippen LogP contribution in [0.5, 0.6) is 0 Å². The molecular formula is C13H26O2Si. The van der Waals surface area contributed by atoms with Gasteiger partial charge in [0.25, 0.3) is 0 Å². The van der Waals surface area contributed by atoms with Crippen LogP contribution in [0.2, 0.25) is 13.1 Å². The fraction of sp³-hybridized carbons (Fsp3) is 0.846. The van der Waals surface area contributed by atoms with E-state index in [1.807, 2.05) is 6.92 Å². The van der Waals surface area contributed by atoms with Crippen LogP contribution in [-0.2, 0) is 8.85 Å². The van der Waals surface area contributed by atoms with Crippen molar-refractivity contribution in [2.24, 2.45) is 0 Å². The van der Waals surface area contributed by atoms with Gasteiger partial charge >= 0.3 is 8.56 Å². The highest BCUT2D eigenvalue weighted by Gasteiger charge is 2.27. The van der Waals surface area contributed by atoms with Crippen molar-refractivity contribution in [3.8, 4) is 11.8 Å². The minimum absolute atomic E-state index is 0.234. The lowest BCUT2D eigenvalue weighted by Gasteiger charge is -2.27. The first-order valence-corrected chi connectivity index (χ1v) is 9.14. The molecule has 0 aromatic rings. The first kappa shape index (κ1) is 15.7. The Kier molecular flexibility index (Phi) is 8.64. The van der Waals surface area contributed by atoms with Gasteiger partial charge in [-0.3, -0.25) is 0 Å². The molecule has 0 aromatic heterocycles. The first-order chi connectivity index (χ1) is 7.55. The van der Waals surface area contributed by atoms with E-state index in [0.717, 1.165) is 32.3 Å². The highest BCUT2D eigenvalue weighted by Crippen LogP contribution is 2.14. The van der Waals surface area contributed by atoms with Crippen LogP contribution in [0.25, 0.3) is 0 Å². The molecule has 0 N–H and O–H groups in total.